The van der Waals surface area contributed by atoms with Gasteiger partial charge in [-0.05, 0) is 30.2 Å². The highest BCUT2D eigenvalue weighted by Crippen LogP contribution is 2.26. The highest BCUT2D eigenvalue weighted by molar-refractivity contribution is 6.32. The van der Waals surface area contributed by atoms with Gasteiger partial charge in [-0.2, -0.15) is 4.98 Å². The molecule has 0 amide bonds. The summed E-state index contributed by atoms with van der Waals surface area (Å²) in [5.74, 6) is 2.27. The fraction of sp³-hybridized carbons (Fsp3) is 0.467. The average molecular weight is 310 g/mol. The lowest BCUT2D eigenvalue weighted by Crippen LogP contribution is -2.18. The molecule has 0 aliphatic rings. The molecule has 0 saturated carbocycles. The van der Waals surface area contributed by atoms with E-state index in [-0.39, 0.29) is 6.61 Å². The van der Waals surface area contributed by atoms with Crippen molar-refractivity contribution in [2.75, 3.05) is 6.54 Å². The number of hydrogen-bond acceptors (Lipinski definition) is 5. The van der Waals surface area contributed by atoms with Gasteiger partial charge in [0.25, 0.3) is 0 Å². The highest BCUT2D eigenvalue weighted by atomic mass is 35.5. The average Bonchev–Trinajstić information content (AvgIpc) is 2.83. The summed E-state index contributed by atoms with van der Waals surface area (Å²) in [5.41, 5.74) is 1.13. The molecule has 1 aromatic carbocycles. The molecule has 0 saturated heterocycles. The quantitative estimate of drug-likeness (QED) is 0.850. The number of rotatable bonds is 7. The third-order valence-corrected chi connectivity index (χ3v) is 3.10. The van der Waals surface area contributed by atoms with Gasteiger partial charge in [-0.15, -0.1) is 0 Å². The van der Waals surface area contributed by atoms with Crippen LogP contribution in [0.15, 0.2) is 22.7 Å². The molecule has 0 spiro atoms. The topological polar surface area (TPSA) is 60.2 Å². The van der Waals surface area contributed by atoms with Crippen molar-refractivity contribution < 1.29 is 9.26 Å². The van der Waals surface area contributed by atoms with Crippen LogP contribution in [0.3, 0.4) is 0 Å². The molecule has 0 radical (unpaired) electrons. The van der Waals surface area contributed by atoms with Crippen LogP contribution >= 0.6 is 11.6 Å². The molecule has 6 heteroatoms. The fourth-order valence-corrected chi connectivity index (χ4v) is 2.08. The molecule has 0 bridgehead atoms. The van der Waals surface area contributed by atoms with E-state index in [9.17, 15) is 0 Å². The first-order valence-electron chi connectivity index (χ1n) is 6.95. The van der Waals surface area contributed by atoms with E-state index in [4.69, 9.17) is 20.9 Å². The molecule has 114 valence electrons. The van der Waals surface area contributed by atoms with Crippen molar-refractivity contribution in [1.82, 2.24) is 15.5 Å². The van der Waals surface area contributed by atoms with Gasteiger partial charge < -0.3 is 14.6 Å². The Labute approximate surface area is 129 Å². The number of benzene rings is 1. The normalized spacial score (nSPS) is 11.1. The molecule has 21 heavy (non-hydrogen) atoms. The predicted octanol–water partition coefficient (Wildman–Crippen LogP) is 3.36. The highest BCUT2D eigenvalue weighted by Gasteiger charge is 2.07. The molecule has 0 atom stereocenters. The summed E-state index contributed by atoms with van der Waals surface area (Å²) in [4.78, 5) is 4.07. The lowest BCUT2D eigenvalue weighted by Gasteiger charge is -2.10. The minimum Gasteiger partial charge on any atom is -0.484 e. The maximum absolute atomic E-state index is 6.23. The van der Waals surface area contributed by atoms with Crippen molar-refractivity contribution in [3.63, 3.8) is 0 Å². The maximum Gasteiger partial charge on any atom is 0.223 e. The summed E-state index contributed by atoms with van der Waals surface area (Å²) >= 11 is 6.23. The van der Waals surface area contributed by atoms with Crippen LogP contribution in [-0.2, 0) is 13.2 Å². The summed E-state index contributed by atoms with van der Waals surface area (Å²) in [5, 5.41) is 7.73. The number of halogens is 1. The zero-order chi connectivity index (χ0) is 15.2. The Morgan fingerprint density at radius 3 is 2.81 bits per heavy atom. The van der Waals surface area contributed by atoms with E-state index in [1.807, 2.05) is 18.2 Å². The standard InChI is InChI=1S/C15H20ClN3O2/c1-10(2)7-17-8-12-4-5-14(13(16)6-12)20-9-15-18-11(3)21-19-15/h4-6,10,17H,7-9H2,1-3H3. The Morgan fingerprint density at radius 2 is 2.19 bits per heavy atom. The third-order valence-electron chi connectivity index (χ3n) is 2.80. The van der Waals surface area contributed by atoms with Gasteiger partial charge in [0, 0.05) is 13.5 Å². The van der Waals surface area contributed by atoms with Crippen LogP contribution in [0, 0.1) is 12.8 Å². The van der Waals surface area contributed by atoms with E-state index in [2.05, 4.69) is 29.3 Å². The summed E-state index contributed by atoms with van der Waals surface area (Å²) in [6.45, 7) is 8.10. The maximum atomic E-state index is 6.23. The van der Waals surface area contributed by atoms with Crippen LogP contribution in [0.25, 0.3) is 0 Å². The monoisotopic (exact) mass is 309 g/mol. The van der Waals surface area contributed by atoms with Crippen LogP contribution in [0.2, 0.25) is 5.02 Å². The predicted molar refractivity (Wildman–Crippen MR) is 81.4 cm³/mol. The number of hydrogen-bond donors (Lipinski definition) is 1. The molecule has 0 fully saturated rings. The van der Waals surface area contributed by atoms with E-state index in [1.165, 1.54) is 0 Å². The van der Waals surface area contributed by atoms with Gasteiger partial charge >= 0.3 is 0 Å². The molecule has 0 unspecified atom stereocenters. The minimum absolute atomic E-state index is 0.238. The Kier molecular flexibility index (Phi) is 5.59. The van der Waals surface area contributed by atoms with Crippen LogP contribution < -0.4 is 10.1 Å². The third kappa shape index (κ3) is 5.02. The molecular formula is C15H20ClN3O2. The fourth-order valence-electron chi connectivity index (χ4n) is 1.82. The lowest BCUT2D eigenvalue weighted by molar-refractivity contribution is 0.286. The molecule has 1 N–H and O–H groups in total. The first kappa shape index (κ1) is 15.8. The van der Waals surface area contributed by atoms with Gasteiger partial charge in [-0.25, -0.2) is 0 Å². The van der Waals surface area contributed by atoms with Crippen molar-refractivity contribution >= 4 is 11.6 Å². The zero-order valence-corrected chi connectivity index (χ0v) is 13.3. The van der Waals surface area contributed by atoms with Crippen LogP contribution in [0.5, 0.6) is 5.75 Å². The van der Waals surface area contributed by atoms with E-state index in [0.717, 1.165) is 18.7 Å². The van der Waals surface area contributed by atoms with E-state index in [0.29, 0.717) is 28.4 Å². The number of nitrogens with one attached hydrogen (secondary N) is 1. The summed E-state index contributed by atoms with van der Waals surface area (Å²) in [6.07, 6.45) is 0. The number of ether oxygens (including phenoxy) is 1. The summed E-state index contributed by atoms with van der Waals surface area (Å²) in [7, 11) is 0. The van der Waals surface area contributed by atoms with Crippen molar-refractivity contribution in [3.05, 3.63) is 40.5 Å². The lowest BCUT2D eigenvalue weighted by atomic mass is 10.2. The van der Waals surface area contributed by atoms with Crippen LogP contribution in [0.4, 0.5) is 0 Å². The van der Waals surface area contributed by atoms with Gasteiger partial charge in [0.1, 0.15) is 5.75 Å². The molecule has 1 heterocycles. The second kappa shape index (κ2) is 7.43. The molecule has 2 aromatic rings. The smallest absolute Gasteiger partial charge is 0.223 e. The van der Waals surface area contributed by atoms with Crippen molar-refractivity contribution in [2.45, 2.75) is 33.9 Å². The molecule has 0 aliphatic heterocycles. The molecule has 5 nitrogen and oxygen atoms in total. The Balaban J connectivity index is 1.89. The van der Waals surface area contributed by atoms with Crippen molar-refractivity contribution in [3.8, 4) is 5.75 Å². The van der Waals surface area contributed by atoms with Crippen molar-refractivity contribution in [1.29, 1.82) is 0 Å². The Bertz CT molecular complexity index is 584. The van der Waals surface area contributed by atoms with Crippen LogP contribution in [0.1, 0.15) is 31.1 Å². The van der Waals surface area contributed by atoms with Gasteiger partial charge in [0.15, 0.2) is 6.61 Å². The largest absolute Gasteiger partial charge is 0.484 e. The second-order valence-electron chi connectivity index (χ2n) is 5.31. The SMILES string of the molecule is Cc1nc(COc2ccc(CNCC(C)C)cc2Cl)no1. The number of aromatic nitrogens is 2. The van der Waals surface area contributed by atoms with Gasteiger partial charge in [-0.1, -0.05) is 36.7 Å². The molecule has 2 rings (SSSR count). The van der Waals surface area contributed by atoms with E-state index < -0.39 is 0 Å². The van der Waals surface area contributed by atoms with Crippen LogP contribution in [-0.4, -0.2) is 16.7 Å². The van der Waals surface area contributed by atoms with E-state index >= 15 is 0 Å². The summed E-state index contributed by atoms with van der Waals surface area (Å²) < 4.78 is 10.5. The summed E-state index contributed by atoms with van der Waals surface area (Å²) in [6, 6.07) is 5.77. The number of aryl methyl sites for hydroxylation is 1. The van der Waals surface area contributed by atoms with Gasteiger partial charge in [0.05, 0.1) is 5.02 Å². The first-order chi connectivity index (χ1) is 10.0. The zero-order valence-electron chi connectivity index (χ0n) is 12.5. The molecule has 0 aliphatic carbocycles. The number of nitrogens with zero attached hydrogens (tertiary/aromatic N) is 2. The Morgan fingerprint density at radius 1 is 1.38 bits per heavy atom. The van der Waals surface area contributed by atoms with Gasteiger partial charge in [-0.3, -0.25) is 0 Å². The Hall–Kier alpha value is -1.59. The molecular weight excluding hydrogens is 290 g/mol. The first-order valence-corrected chi connectivity index (χ1v) is 7.33. The molecule has 1 aromatic heterocycles. The van der Waals surface area contributed by atoms with E-state index in [1.54, 1.807) is 6.92 Å². The van der Waals surface area contributed by atoms with Crippen molar-refractivity contribution in [2.24, 2.45) is 5.92 Å². The minimum atomic E-state index is 0.238. The second-order valence-corrected chi connectivity index (χ2v) is 5.72. The van der Waals surface area contributed by atoms with Gasteiger partial charge in [0.2, 0.25) is 11.7 Å².